The summed E-state index contributed by atoms with van der Waals surface area (Å²) in [7, 11) is 0. The zero-order valence-corrected chi connectivity index (χ0v) is 12.3. The molecule has 1 aliphatic heterocycles. The third-order valence-electron chi connectivity index (χ3n) is 4.77. The molecule has 0 amide bonds. The molecule has 1 saturated heterocycles. The predicted octanol–water partition coefficient (Wildman–Crippen LogP) is 2.67. The number of aliphatic hydroxyl groups excluding tert-OH is 2. The van der Waals surface area contributed by atoms with Crippen LogP contribution in [0.4, 0.5) is 0 Å². The first-order chi connectivity index (χ1) is 10.2. The van der Waals surface area contributed by atoms with Gasteiger partial charge in [0.05, 0.1) is 12.2 Å². The van der Waals surface area contributed by atoms with E-state index in [9.17, 15) is 10.2 Å². The number of aryl methyl sites for hydroxylation is 1. The van der Waals surface area contributed by atoms with Gasteiger partial charge in [0.2, 0.25) is 0 Å². The van der Waals surface area contributed by atoms with Gasteiger partial charge in [-0.3, -0.25) is 0 Å². The molecule has 1 saturated carbocycles. The van der Waals surface area contributed by atoms with Crippen LogP contribution in [0, 0.1) is 11.8 Å². The zero-order chi connectivity index (χ0) is 14.7. The van der Waals surface area contributed by atoms with Crippen LogP contribution >= 0.6 is 0 Å². The van der Waals surface area contributed by atoms with E-state index in [2.05, 4.69) is 18.2 Å². The van der Waals surface area contributed by atoms with E-state index in [0.717, 1.165) is 32.1 Å². The summed E-state index contributed by atoms with van der Waals surface area (Å²) in [4.78, 5) is 0. The first-order valence-electron chi connectivity index (χ1n) is 7.96. The van der Waals surface area contributed by atoms with Gasteiger partial charge in [-0.05, 0) is 43.1 Å². The molecule has 0 radical (unpaired) electrons. The molecule has 2 aliphatic rings. The van der Waals surface area contributed by atoms with E-state index >= 15 is 0 Å². The number of allylic oxidation sites excluding steroid dienone is 1. The molecule has 3 nitrogen and oxygen atoms in total. The van der Waals surface area contributed by atoms with Gasteiger partial charge >= 0.3 is 0 Å². The fourth-order valence-electron chi connectivity index (χ4n) is 3.61. The highest BCUT2D eigenvalue weighted by Gasteiger charge is 2.42. The van der Waals surface area contributed by atoms with Gasteiger partial charge in [-0.2, -0.15) is 0 Å². The standard InChI is InChI=1S/C18H24O3/c19-15(9-6-13-4-2-1-3-5-13)10-7-14-8-11-17-16(14)12-18(20)21-17/h1-5,7,10,14-20H,6,8-9,11-12H2/t14-,15?,16?,17+,18?/m0/s1. The molecule has 5 atom stereocenters. The molecular formula is C18H24O3. The predicted molar refractivity (Wildman–Crippen MR) is 81.6 cm³/mol. The normalized spacial score (nSPS) is 33.4. The van der Waals surface area contributed by atoms with Crippen molar-refractivity contribution in [3.05, 3.63) is 48.0 Å². The number of fused-ring (bicyclic) bond motifs is 1. The van der Waals surface area contributed by atoms with Crippen LogP contribution in [0.25, 0.3) is 0 Å². The van der Waals surface area contributed by atoms with Gasteiger partial charge < -0.3 is 14.9 Å². The Morgan fingerprint density at radius 3 is 2.86 bits per heavy atom. The van der Waals surface area contributed by atoms with Crippen molar-refractivity contribution in [3.63, 3.8) is 0 Å². The quantitative estimate of drug-likeness (QED) is 0.819. The Morgan fingerprint density at radius 1 is 1.24 bits per heavy atom. The van der Waals surface area contributed by atoms with Crippen molar-refractivity contribution in [2.24, 2.45) is 11.8 Å². The summed E-state index contributed by atoms with van der Waals surface area (Å²) in [6.07, 6.45) is 7.82. The molecule has 114 valence electrons. The molecule has 1 aromatic carbocycles. The van der Waals surface area contributed by atoms with Crippen molar-refractivity contribution in [2.45, 2.75) is 50.6 Å². The van der Waals surface area contributed by atoms with E-state index in [4.69, 9.17) is 4.74 Å². The molecule has 1 aliphatic carbocycles. The molecule has 21 heavy (non-hydrogen) atoms. The van der Waals surface area contributed by atoms with E-state index in [-0.39, 0.29) is 6.10 Å². The lowest BCUT2D eigenvalue weighted by atomic mass is 9.92. The molecule has 1 heterocycles. The maximum atomic E-state index is 10.1. The van der Waals surface area contributed by atoms with Gasteiger partial charge in [-0.15, -0.1) is 0 Å². The lowest BCUT2D eigenvalue weighted by Gasteiger charge is -2.13. The molecule has 2 fully saturated rings. The van der Waals surface area contributed by atoms with Crippen LogP contribution in [-0.2, 0) is 11.2 Å². The van der Waals surface area contributed by atoms with Crippen LogP contribution in [0.2, 0.25) is 0 Å². The molecule has 0 spiro atoms. The van der Waals surface area contributed by atoms with Crippen molar-refractivity contribution in [1.82, 2.24) is 0 Å². The Balaban J connectivity index is 1.47. The van der Waals surface area contributed by atoms with Crippen molar-refractivity contribution in [3.8, 4) is 0 Å². The number of hydrogen-bond donors (Lipinski definition) is 2. The second kappa shape index (κ2) is 6.73. The minimum atomic E-state index is -0.584. The molecule has 2 N–H and O–H groups in total. The highest BCUT2D eigenvalue weighted by Crippen LogP contribution is 2.43. The van der Waals surface area contributed by atoms with Gasteiger partial charge in [-0.1, -0.05) is 42.5 Å². The number of benzene rings is 1. The van der Waals surface area contributed by atoms with Gasteiger partial charge in [0.1, 0.15) is 0 Å². The van der Waals surface area contributed by atoms with Gasteiger partial charge in [0.15, 0.2) is 6.29 Å². The second-order valence-corrected chi connectivity index (χ2v) is 6.25. The molecule has 3 heteroatoms. The van der Waals surface area contributed by atoms with Crippen LogP contribution in [0.5, 0.6) is 0 Å². The Morgan fingerprint density at radius 2 is 2.05 bits per heavy atom. The summed E-state index contributed by atoms with van der Waals surface area (Å²) in [6.45, 7) is 0. The van der Waals surface area contributed by atoms with E-state index in [1.807, 2.05) is 24.3 Å². The maximum absolute atomic E-state index is 10.1. The number of ether oxygens (including phenoxy) is 1. The monoisotopic (exact) mass is 288 g/mol. The zero-order valence-electron chi connectivity index (χ0n) is 12.3. The largest absolute Gasteiger partial charge is 0.389 e. The lowest BCUT2D eigenvalue weighted by Crippen LogP contribution is -2.13. The first kappa shape index (κ1) is 14.8. The first-order valence-corrected chi connectivity index (χ1v) is 7.96. The summed E-state index contributed by atoms with van der Waals surface area (Å²) in [5.74, 6) is 0.871. The molecular weight excluding hydrogens is 264 g/mol. The van der Waals surface area contributed by atoms with E-state index in [1.165, 1.54) is 5.56 Å². The Hall–Kier alpha value is -1.16. The molecule has 1 aromatic rings. The summed E-state index contributed by atoms with van der Waals surface area (Å²) in [5.41, 5.74) is 1.26. The van der Waals surface area contributed by atoms with Crippen LogP contribution in [0.1, 0.15) is 31.2 Å². The molecule has 3 unspecified atom stereocenters. The summed E-state index contributed by atoms with van der Waals surface area (Å²) < 4.78 is 5.49. The van der Waals surface area contributed by atoms with Crippen LogP contribution in [-0.4, -0.2) is 28.7 Å². The van der Waals surface area contributed by atoms with Gasteiger partial charge in [0.25, 0.3) is 0 Å². The lowest BCUT2D eigenvalue weighted by molar-refractivity contribution is -0.0906. The molecule has 3 rings (SSSR count). The fraction of sp³-hybridized carbons (Fsp3) is 0.556. The Kier molecular flexibility index (Phi) is 4.73. The fourth-order valence-corrected chi connectivity index (χ4v) is 3.61. The molecule has 0 bridgehead atoms. The molecule has 0 aromatic heterocycles. The van der Waals surface area contributed by atoms with Crippen molar-refractivity contribution in [1.29, 1.82) is 0 Å². The SMILES string of the molecule is OC(C=C[C@H]1CC[C@H]2OC(O)CC12)CCc1ccccc1. The summed E-state index contributed by atoms with van der Waals surface area (Å²) >= 11 is 0. The third-order valence-corrected chi connectivity index (χ3v) is 4.77. The van der Waals surface area contributed by atoms with Crippen LogP contribution in [0.3, 0.4) is 0 Å². The van der Waals surface area contributed by atoms with E-state index in [0.29, 0.717) is 11.8 Å². The maximum Gasteiger partial charge on any atom is 0.155 e. The number of hydrogen-bond acceptors (Lipinski definition) is 3. The Labute approximate surface area is 126 Å². The van der Waals surface area contributed by atoms with Crippen LogP contribution in [0.15, 0.2) is 42.5 Å². The van der Waals surface area contributed by atoms with E-state index < -0.39 is 12.4 Å². The average Bonchev–Trinajstić information content (AvgIpc) is 3.03. The summed E-state index contributed by atoms with van der Waals surface area (Å²) in [5, 5.41) is 19.6. The Bertz CT molecular complexity index is 471. The summed E-state index contributed by atoms with van der Waals surface area (Å²) in [6, 6.07) is 10.3. The van der Waals surface area contributed by atoms with Crippen molar-refractivity contribution < 1.29 is 14.9 Å². The highest BCUT2D eigenvalue weighted by molar-refractivity contribution is 5.15. The van der Waals surface area contributed by atoms with Crippen molar-refractivity contribution in [2.75, 3.05) is 0 Å². The number of aliphatic hydroxyl groups is 2. The average molecular weight is 288 g/mol. The van der Waals surface area contributed by atoms with Gasteiger partial charge in [0, 0.05) is 6.42 Å². The van der Waals surface area contributed by atoms with E-state index in [1.54, 1.807) is 0 Å². The second-order valence-electron chi connectivity index (χ2n) is 6.25. The van der Waals surface area contributed by atoms with Crippen LogP contribution < -0.4 is 0 Å². The van der Waals surface area contributed by atoms with Gasteiger partial charge in [-0.25, -0.2) is 0 Å². The van der Waals surface area contributed by atoms with Crippen molar-refractivity contribution >= 4 is 0 Å². The minimum absolute atomic E-state index is 0.219. The topological polar surface area (TPSA) is 49.7 Å². The minimum Gasteiger partial charge on any atom is -0.389 e. The smallest absolute Gasteiger partial charge is 0.155 e. The number of rotatable bonds is 5. The third kappa shape index (κ3) is 3.73. The highest BCUT2D eigenvalue weighted by atomic mass is 16.6.